The lowest BCUT2D eigenvalue weighted by atomic mass is 10.1. The number of esters is 1. The number of benzene rings is 1. The summed E-state index contributed by atoms with van der Waals surface area (Å²) in [6.45, 7) is 4.68. The highest BCUT2D eigenvalue weighted by Crippen LogP contribution is 2.13. The molecule has 30 heavy (non-hydrogen) atoms. The van der Waals surface area contributed by atoms with Gasteiger partial charge in [0.2, 0.25) is 0 Å². The highest BCUT2D eigenvalue weighted by Gasteiger charge is 2.26. The third-order valence-electron chi connectivity index (χ3n) is 3.76. The number of nitriles is 1. The summed E-state index contributed by atoms with van der Waals surface area (Å²) in [7, 11) is 0. The van der Waals surface area contributed by atoms with E-state index in [1.165, 1.54) is 12.5 Å². The molecule has 0 radical (unpaired) electrons. The number of primary amides is 1. The molecule has 0 saturated carbocycles. The Balaban J connectivity index is 2.13. The molecule has 0 aliphatic carbocycles. The van der Waals surface area contributed by atoms with Gasteiger partial charge in [0.25, 0.3) is 5.91 Å². The number of nitrogens with one attached hydrogen (secondary N) is 1. The molecular formula is C20H23N5O5. The number of ether oxygens (including phenoxy) is 2. The van der Waals surface area contributed by atoms with E-state index in [9.17, 15) is 14.4 Å². The quantitative estimate of drug-likeness (QED) is 0.653. The van der Waals surface area contributed by atoms with Crippen LogP contribution in [-0.4, -0.2) is 45.8 Å². The molecular weight excluding hydrogens is 390 g/mol. The van der Waals surface area contributed by atoms with Crippen molar-refractivity contribution in [3.05, 3.63) is 48.0 Å². The fourth-order valence-corrected chi connectivity index (χ4v) is 2.48. The maximum atomic E-state index is 12.3. The van der Waals surface area contributed by atoms with Crippen LogP contribution in [-0.2, 0) is 20.7 Å². The van der Waals surface area contributed by atoms with Gasteiger partial charge in [-0.25, -0.2) is 14.6 Å². The van der Waals surface area contributed by atoms with Crippen molar-refractivity contribution in [3.8, 4) is 11.8 Å². The number of carbonyl (C=O) groups excluding carboxylic acids is 3. The molecule has 0 saturated heterocycles. The van der Waals surface area contributed by atoms with Gasteiger partial charge < -0.3 is 25.1 Å². The lowest BCUT2D eigenvalue weighted by Gasteiger charge is -2.22. The van der Waals surface area contributed by atoms with Crippen LogP contribution in [0.2, 0.25) is 0 Å². The van der Waals surface area contributed by atoms with Crippen LogP contribution in [0.3, 0.4) is 0 Å². The Morgan fingerprint density at radius 2 is 1.93 bits per heavy atom. The number of hydrogen-bond donors (Lipinski definition) is 2. The second-order valence-electron chi connectivity index (χ2n) is 7.37. The Kier molecular flexibility index (Phi) is 7.14. The Labute approximate surface area is 173 Å². The number of alkyl carbamates (subject to hydrolysis) is 1. The topological polar surface area (TPSA) is 149 Å². The second-order valence-corrected chi connectivity index (χ2v) is 7.37. The molecule has 10 nitrogen and oxygen atoms in total. The summed E-state index contributed by atoms with van der Waals surface area (Å²) in [5.74, 6) is -1.37. The SMILES string of the molecule is CC(C)(C)OC(=O)N[C@@H](Cc1ccc(-n2cnc(C(N)=O)c2)cc1)C(=O)OCC#N. The van der Waals surface area contributed by atoms with Gasteiger partial charge in [0.1, 0.15) is 29.7 Å². The van der Waals surface area contributed by atoms with Gasteiger partial charge in [0.15, 0.2) is 6.61 Å². The highest BCUT2D eigenvalue weighted by molar-refractivity contribution is 5.90. The lowest BCUT2D eigenvalue weighted by Crippen LogP contribution is -2.45. The van der Waals surface area contributed by atoms with Gasteiger partial charge in [-0.1, -0.05) is 12.1 Å². The van der Waals surface area contributed by atoms with Crippen molar-refractivity contribution < 1.29 is 23.9 Å². The summed E-state index contributed by atoms with van der Waals surface area (Å²) in [4.78, 5) is 39.4. The molecule has 1 aromatic carbocycles. The van der Waals surface area contributed by atoms with Crippen molar-refractivity contribution >= 4 is 18.0 Å². The zero-order chi connectivity index (χ0) is 22.3. The second kappa shape index (κ2) is 9.56. The average Bonchev–Trinajstić information content (AvgIpc) is 3.15. The molecule has 0 unspecified atom stereocenters. The first-order chi connectivity index (χ1) is 14.1. The minimum atomic E-state index is -1.03. The van der Waals surface area contributed by atoms with E-state index in [-0.39, 0.29) is 12.1 Å². The van der Waals surface area contributed by atoms with Crippen LogP contribution < -0.4 is 11.1 Å². The van der Waals surface area contributed by atoms with E-state index in [2.05, 4.69) is 10.3 Å². The van der Waals surface area contributed by atoms with Crippen molar-refractivity contribution in [1.82, 2.24) is 14.9 Å². The van der Waals surface area contributed by atoms with E-state index >= 15 is 0 Å². The fourth-order valence-electron chi connectivity index (χ4n) is 2.48. The van der Waals surface area contributed by atoms with Crippen LogP contribution in [0.4, 0.5) is 4.79 Å². The van der Waals surface area contributed by atoms with Crippen LogP contribution in [0, 0.1) is 11.3 Å². The molecule has 158 valence electrons. The molecule has 3 N–H and O–H groups in total. The first kappa shape index (κ1) is 22.4. The van der Waals surface area contributed by atoms with Crippen LogP contribution in [0.15, 0.2) is 36.8 Å². The smallest absolute Gasteiger partial charge is 0.408 e. The molecule has 2 aromatic rings. The Morgan fingerprint density at radius 1 is 1.27 bits per heavy atom. The predicted octanol–water partition coefficient (Wildman–Crippen LogP) is 1.47. The number of nitrogens with zero attached hydrogens (tertiary/aromatic N) is 3. The fraction of sp³-hybridized carbons (Fsp3) is 0.350. The summed E-state index contributed by atoms with van der Waals surface area (Å²) in [6, 6.07) is 7.70. The molecule has 1 atom stereocenters. The molecule has 0 fully saturated rings. The van der Waals surface area contributed by atoms with Gasteiger partial charge in [-0.3, -0.25) is 4.79 Å². The van der Waals surface area contributed by atoms with Gasteiger partial charge >= 0.3 is 12.1 Å². The zero-order valence-electron chi connectivity index (χ0n) is 16.9. The van der Waals surface area contributed by atoms with E-state index in [1.54, 1.807) is 55.7 Å². The summed E-state index contributed by atoms with van der Waals surface area (Å²) in [5, 5.41) is 11.1. The Bertz CT molecular complexity index is 953. The Hall–Kier alpha value is -3.87. The lowest BCUT2D eigenvalue weighted by molar-refractivity contribution is -0.144. The monoisotopic (exact) mass is 413 g/mol. The largest absolute Gasteiger partial charge is 0.449 e. The number of rotatable bonds is 7. The summed E-state index contributed by atoms with van der Waals surface area (Å²) in [5.41, 5.74) is 6.06. The molecule has 2 rings (SSSR count). The Morgan fingerprint density at radius 3 is 2.47 bits per heavy atom. The summed E-state index contributed by atoms with van der Waals surface area (Å²) < 4.78 is 11.7. The van der Waals surface area contributed by atoms with Crippen molar-refractivity contribution in [2.24, 2.45) is 5.73 Å². The van der Waals surface area contributed by atoms with Crippen LogP contribution in [0.5, 0.6) is 0 Å². The van der Waals surface area contributed by atoms with E-state index in [0.29, 0.717) is 0 Å². The van der Waals surface area contributed by atoms with E-state index in [0.717, 1.165) is 11.3 Å². The van der Waals surface area contributed by atoms with Crippen LogP contribution in [0.1, 0.15) is 36.8 Å². The number of aromatic nitrogens is 2. The normalized spacial score (nSPS) is 11.8. The average molecular weight is 413 g/mol. The number of carbonyl (C=O) groups is 3. The molecule has 0 spiro atoms. The minimum Gasteiger partial charge on any atom is -0.449 e. The standard InChI is InChI=1S/C20H23N5O5/c1-20(2,3)30-19(28)24-15(18(27)29-9-8-21)10-13-4-6-14(7-5-13)25-11-16(17(22)26)23-12-25/h4-7,11-12,15H,9-10H2,1-3H3,(H2,22,26)(H,24,28)/t15-/m0/s1. The number of hydrogen-bond acceptors (Lipinski definition) is 7. The molecule has 1 heterocycles. The number of nitrogens with two attached hydrogens (primary N) is 1. The van der Waals surface area contributed by atoms with Crippen molar-refractivity contribution in [1.29, 1.82) is 5.26 Å². The molecule has 2 amide bonds. The van der Waals surface area contributed by atoms with Gasteiger partial charge in [-0.15, -0.1) is 0 Å². The number of amides is 2. The molecule has 1 aromatic heterocycles. The van der Waals surface area contributed by atoms with Crippen LogP contribution >= 0.6 is 0 Å². The van der Waals surface area contributed by atoms with Crippen molar-refractivity contribution in [3.63, 3.8) is 0 Å². The summed E-state index contributed by atoms with van der Waals surface area (Å²) >= 11 is 0. The van der Waals surface area contributed by atoms with Crippen molar-refractivity contribution in [2.45, 2.75) is 38.8 Å². The number of imidazole rings is 1. The maximum Gasteiger partial charge on any atom is 0.408 e. The van der Waals surface area contributed by atoms with E-state index in [4.69, 9.17) is 20.5 Å². The van der Waals surface area contributed by atoms with Gasteiger partial charge in [-0.05, 0) is 38.5 Å². The van der Waals surface area contributed by atoms with Crippen molar-refractivity contribution in [2.75, 3.05) is 6.61 Å². The maximum absolute atomic E-state index is 12.3. The highest BCUT2D eigenvalue weighted by atomic mass is 16.6. The third-order valence-corrected chi connectivity index (χ3v) is 3.76. The first-order valence-corrected chi connectivity index (χ1v) is 9.05. The molecule has 0 aliphatic heterocycles. The minimum absolute atomic E-state index is 0.125. The van der Waals surface area contributed by atoms with E-state index < -0.39 is 36.2 Å². The molecule has 0 aliphatic rings. The van der Waals surface area contributed by atoms with Gasteiger partial charge in [-0.2, -0.15) is 5.26 Å². The predicted molar refractivity (Wildman–Crippen MR) is 106 cm³/mol. The van der Waals surface area contributed by atoms with Gasteiger partial charge in [0, 0.05) is 18.3 Å². The molecule has 10 heteroatoms. The van der Waals surface area contributed by atoms with Crippen LogP contribution in [0.25, 0.3) is 5.69 Å². The van der Waals surface area contributed by atoms with Gasteiger partial charge in [0.05, 0.1) is 0 Å². The zero-order valence-corrected chi connectivity index (χ0v) is 16.9. The molecule has 0 bridgehead atoms. The third kappa shape index (κ3) is 6.63. The van der Waals surface area contributed by atoms with E-state index in [1.807, 2.05) is 0 Å². The summed E-state index contributed by atoms with van der Waals surface area (Å²) in [6.07, 6.45) is 2.32. The first-order valence-electron chi connectivity index (χ1n) is 9.05.